The zero-order chi connectivity index (χ0) is 10.4. The topological polar surface area (TPSA) is 46.2 Å². The van der Waals surface area contributed by atoms with Gasteiger partial charge in [0, 0.05) is 51.4 Å². The Balaban J connectivity index is 0.000000963. The van der Waals surface area contributed by atoms with Crippen LogP contribution in [0.2, 0.25) is 0 Å². The van der Waals surface area contributed by atoms with Crippen molar-refractivity contribution < 1.29 is 9.59 Å². The van der Waals surface area contributed by atoms with Crippen LogP contribution in [0.4, 0.5) is 0 Å². The van der Waals surface area contributed by atoms with Crippen LogP contribution in [0.15, 0.2) is 36.4 Å². The van der Waals surface area contributed by atoms with Crippen LogP contribution in [0.3, 0.4) is 0 Å². The van der Waals surface area contributed by atoms with E-state index in [1.165, 1.54) is 0 Å². The van der Waals surface area contributed by atoms with Crippen LogP contribution in [0.1, 0.15) is 20.7 Å². The van der Waals surface area contributed by atoms with Crippen LogP contribution in [0.25, 0.3) is 10.8 Å². The number of nitrogens with one attached hydrogen (secondary N) is 1. The van der Waals surface area contributed by atoms with Gasteiger partial charge in [-0.25, -0.2) is 0 Å². The first-order valence-electron chi connectivity index (χ1n) is 4.64. The minimum absolute atomic E-state index is 0. The fraction of sp³-hybridized carbons (Fsp3) is 0. The summed E-state index contributed by atoms with van der Waals surface area (Å²) in [6, 6.07) is 11.2. The van der Waals surface area contributed by atoms with E-state index in [1.54, 1.807) is 12.1 Å². The van der Waals surface area contributed by atoms with Crippen molar-refractivity contribution in [3.8, 4) is 0 Å². The first-order valence-corrected chi connectivity index (χ1v) is 4.64. The summed E-state index contributed by atoms with van der Waals surface area (Å²) in [4.78, 5) is 22.8. The molecule has 73 valence electrons. The van der Waals surface area contributed by atoms with Crippen LogP contribution < -0.4 is 5.32 Å². The van der Waals surface area contributed by atoms with Crippen LogP contribution >= 0.6 is 0 Å². The average molecular weight is 236 g/mol. The second kappa shape index (κ2) is 4.39. The molecule has 0 aromatic heterocycles. The maximum Gasteiger partial charge on any atom is 0.258 e. The maximum absolute atomic E-state index is 11.4. The first-order chi connectivity index (χ1) is 7.25. The number of carbonyl (C=O) groups is 2. The van der Waals surface area contributed by atoms with Crippen molar-refractivity contribution in [3.63, 3.8) is 0 Å². The number of rotatable bonds is 0. The third-order valence-electron chi connectivity index (χ3n) is 2.60. The normalized spacial score (nSPS) is 13.2. The summed E-state index contributed by atoms with van der Waals surface area (Å²) in [5, 5.41) is 4.23. The van der Waals surface area contributed by atoms with Crippen molar-refractivity contribution >= 4 is 74.0 Å². The van der Waals surface area contributed by atoms with E-state index in [4.69, 9.17) is 0 Å². The number of carbonyl (C=O) groups excluding carboxylic acids is 2. The van der Waals surface area contributed by atoms with Gasteiger partial charge in [-0.15, -0.1) is 0 Å². The predicted molar refractivity (Wildman–Crippen MR) is 61.5 cm³/mol. The van der Waals surface area contributed by atoms with E-state index in [9.17, 15) is 9.59 Å². The van der Waals surface area contributed by atoms with Crippen LogP contribution in [-0.2, 0) is 0 Å². The van der Waals surface area contributed by atoms with E-state index in [1.807, 2.05) is 24.3 Å². The molecule has 1 aliphatic heterocycles. The molecule has 2 aromatic rings. The fourth-order valence-corrected chi connectivity index (χ4v) is 1.85. The van der Waals surface area contributed by atoms with E-state index in [0.29, 0.717) is 11.1 Å². The number of fused-ring (bicyclic) bond motifs is 2. The van der Waals surface area contributed by atoms with E-state index >= 15 is 0 Å². The van der Waals surface area contributed by atoms with Gasteiger partial charge in [0.15, 0.2) is 0 Å². The SMILES string of the molecule is O=C1NC(=O)c2cc3ccccc3cc21.[K]. The molecule has 0 fully saturated rings. The second-order valence-electron chi connectivity index (χ2n) is 3.53. The quantitative estimate of drug-likeness (QED) is 0.554. The van der Waals surface area contributed by atoms with Gasteiger partial charge in [-0.3, -0.25) is 14.9 Å². The van der Waals surface area contributed by atoms with Gasteiger partial charge in [0.1, 0.15) is 0 Å². The Labute approximate surface area is 135 Å². The molecule has 0 atom stereocenters. The smallest absolute Gasteiger partial charge is 0.258 e. The molecule has 1 N–H and O–H groups in total. The molecule has 1 radical (unpaired) electrons. The minimum Gasteiger partial charge on any atom is -0.288 e. The first kappa shape index (κ1) is 11.9. The molecular formula is C12H7KNO2. The summed E-state index contributed by atoms with van der Waals surface area (Å²) in [6.45, 7) is 0. The van der Waals surface area contributed by atoms with Gasteiger partial charge in [0.25, 0.3) is 11.8 Å². The zero-order valence-corrected chi connectivity index (χ0v) is 11.9. The third-order valence-corrected chi connectivity index (χ3v) is 2.60. The van der Waals surface area contributed by atoms with E-state index in [-0.39, 0.29) is 63.2 Å². The third kappa shape index (κ3) is 1.76. The Hall–Kier alpha value is -0.524. The van der Waals surface area contributed by atoms with Gasteiger partial charge < -0.3 is 0 Å². The second-order valence-corrected chi connectivity index (χ2v) is 3.53. The van der Waals surface area contributed by atoms with Crippen molar-refractivity contribution in [2.24, 2.45) is 0 Å². The van der Waals surface area contributed by atoms with Crippen molar-refractivity contribution in [1.29, 1.82) is 0 Å². The Bertz CT molecular complexity index is 554. The standard InChI is InChI=1S/C12H7NO2.K/c14-11-9-5-7-3-1-2-4-8(7)6-10(9)12(15)13-11;/h1-6H,(H,13,14,15);. The molecule has 3 rings (SSSR count). The van der Waals surface area contributed by atoms with Gasteiger partial charge in [0.05, 0.1) is 11.1 Å². The summed E-state index contributed by atoms with van der Waals surface area (Å²) in [5.41, 5.74) is 0.942. The van der Waals surface area contributed by atoms with Crippen molar-refractivity contribution in [1.82, 2.24) is 5.32 Å². The summed E-state index contributed by atoms with van der Waals surface area (Å²) in [7, 11) is 0. The Morgan fingerprint density at radius 1 is 0.812 bits per heavy atom. The van der Waals surface area contributed by atoms with Crippen molar-refractivity contribution in [2.75, 3.05) is 0 Å². The molecule has 4 heteroatoms. The maximum atomic E-state index is 11.4. The molecule has 0 aliphatic carbocycles. The number of benzene rings is 2. The predicted octanol–water partition coefficient (Wildman–Crippen LogP) is 1.34. The van der Waals surface area contributed by atoms with Crippen LogP contribution in [-0.4, -0.2) is 63.2 Å². The molecule has 3 nitrogen and oxygen atoms in total. The van der Waals surface area contributed by atoms with Gasteiger partial charge in [-0.1, -0.05) is 24.3 Å². The molecule has 1 aliphatic rings. The van der Waals surface area contributed by atoms with Gasteiger partial charge in [0.2, 0.25) is 0 Å². The Morgan fingerprint density at radius 2 is 1.25 bits per heavy atom. The largest absolute Gasteiger partial charge is 0.288 e. The zero-order valence-electron chi connectivity index (χ0n) is 8.78. The number of hydrogen-bond donors (Lipinski definition) is 1. The molecule has 1 heterocycles. The molecule has 16 heavy (non-hydrogen) atoms. The fourth-order valence-electron chi connectivity index (χ4n) is 1.85. The molecular weight excluding hydrogens is 229 g/mol. The molecule has 0 bridgehead atoms. The van der Waals surface area contributed by atoms with Crippen LogP contribution in [0.5, 0.6) is 0 Å². The summed E-state index contributed by atoms with van der Waals surface area (Å²) in [6.07, 6.45) is 0. The van der Waals surface area contributed by atoms with E-state index in [2.05, 4.69) is 5.32 Å². The molecule has 0 unspecified atom stereocenters. The summed E-state index contributed by atoms with van der Waals surface area (Å²) >= 11 is 0. The summed E-state index contributed by atoms with van der Waals surface area (Å²) in [5.74, 6) is -0.610. The van der Waals surface area contributed by atoms with Crippen molar-refractivity contribution in [3.05, 3.63) is 47.5 Å². The Morgan fingerprint density at radius 3 is 1.69 bits per heavy atom. The molecule has 2 aromatic carbocycles. The molecule has 2 amide bonds. The number of hydrogen-bond acceptors (Lipinski definition) is 2. The van der Waals surface area contributed by atoms with Crippen LogP contribution in [0, 0.1) is 0 Å². The van der Waals surface area contributed by atoms with E-state index < -0.39 is 0 Å². The monoisotopic (exact) mass is 236 g/mol. The van der Waals surface area contributed by atoms with Crippen molar-refractivity contribution in [2.45, 2.75) is 0 Å². The summed E-state index contributed by atoms with van der Waals surface area (Å²) < 4.78 is 0. The number of amides is 2. The van der Waals surface area contributed by atoms with E-state index in [0.717, 1.165) is 10.8 Å². The van der Waals surface area contributed by atoms with Gasteiger partial charge in [-0.05, 0) is 22.9 Å². The minimum atomic E-state index is -0.305. The van der Waals surface area contributed by atoms with Gasteiger partial charge >= 0.3 is 0 Å². The number of imide groups is 1. The Kier molecular flexibility index (Phi) is 3.28. The van der Waals surface area contributed by atoms with Gasteiger partial charge in [-0.2, -0.15) is 0 Å². The molecule has 0 saturated heterocycles. The average Bonchev–Trinajstić information content (AvgIpc) is 2.52. The molecule has 0 saturated carbocycles. The molecule has 0 spiro atoms.